The Bertz CT molecular complexity index is 1370. The number of carbonyl (C=O) groups is 2. The Morgan fingerprint density at radius 3 is 2.55 bits per heavy atom. The van der Waals surface area contributed by atoms with E-state index in [2.05, 4.69) is 10.3 Å². The number of para-hydroxylation sites is 2. The molecule has 0 bridgehead atoms. The summed E-state index contributed by atoms with van der Waals surface area (Å²) in [5.74, 6) is -0.980. The first kappa shape index (κ1) is 22.5. The number of hydrogen-bond donors (Lipinski definition) is 1. The smallest absolute Gasteiger partial charge is 0.329 e. The first-order chi connectivity index (χ1) is 16.0. The molecule has 9 heteroatoms. The van der Waals surface area contributed by atoms with Crippen LogP contribution in [0, 0.1) is 6.92 Å². The second kappa shape index (κ2) is 9.83. The van der Waals surface area contributed by atoms with E-state index < -0.39 is 18.5 Å². The van der Waals surface area contributed by atoms with E-state index in [1.807, 2.05) is 61.7 Å². The van der Waals surface area contributed by atoms with Gasteiger partial charge >= 0.3 is 11.7 Å². The first-order valence-corrected chi connectivity index (χ1v) is 11.5. The first-order valence-electron chi connectivity index (χ1n) is 10.6. The predicted octanol–water partition coefficient (Wildman–Crippen LogP) is 3.83. The summed E-state index contributed by atoms with van der Waals surface area (Å²) in [6, 6.07) is 14.8. The summed E-state index contributed by atoms with van der Waals surface area (Å²) in [6.45, 7) is 4.16. The quantitative estimate of drug-likeness (QED) is 0.400. The van der Waals surface area contributed by atoms with Crippen LogP contribution in [0.5, 0.6) is 0 Å². The van der Waals surface area contributed by atoms with Crippen LogP contribution >= 0.6 is 11.3 Å². The van der Waals surface area contributed by atoms with E-state index in [9.17, 15) is 14.4 Å². The number of anilines is 1. The standard InChI is InChI=1S/C24H24N4O4S/c1-3-27-20-9-4-5-10-21(20)28(24(27)31)12-11-23(30)32-14-22(29)26-18-8-6-7-17(13-18)19-15-33-16(2)25-19/h4-10,13,15H,3,11-12,14H2,1-2H3,(H,26,29). The molecule has 0 radical (unpaired) electrons. The summed E-state index contributed by atoms with van der Waals surface area (Å²) < 4.78 is 8.34. The molecule has 0 spiro atoms. The molecule has 2 aromatic carbocycles. The number of aromatic nitrogens is 3. The van der Waals surface area contributed by atoms with Crippen molar-refractivity contribution in [3.8, 4) is 11.3 Å². The van der Waals surface area contributed by atoms with Crippen molar-refractivity contribution in [2.75, 3.05) is 11.9 Å². The molecule has 4 aromatic rings. The molecule has 0 aliphatic heterocycles. The van der Waals surface area contributed by atoms with Crippen molar-refractivity contribution in [1.82, 2.24) is 14.1 Å². The highest BCUT2D eigenvalue weighted by molar-refractivity contribution is 7.09. The van der Waals surface area contributed by atoms with Gasteiger partial charge in [-0.1, -0.05) is 24.3 Å². The predicted molar refractivity (Wildman–Crippen MR) is 128 cm³/mol. The van der Waals surface area contributed by atoms with E-state index in [-0.39, 0.29) is 18.7 Å². The number of rotatable bonds is 8. The average Bonchev–Trinajstić information content (AvgIpc) is 3.36. The summed E-state index contributed by atoms with van der Waals surface area (Å²) in [5, 5.41) is 5.66. The third-order valence-electron chi connectivity index (χ3n) is 5.21. The van der Waals surface area contributed by atoms with Gasteiger partial charge in [0.05, 0.1) is 28.2 Å². The van der Waals surface area contributed by atoms with Crippen molar-refractivity contribution in [3.63, 3.8) is 0 Å². The number of nitrogens with one attached hydrogen (secondary N) is 1. The van der Waals surface area contributed by atoms with Crippen LogP contribution in [0.1, 0.15) is 18.4 Å². The molecule has 0 atom stereocenters. The number of nitrogens with zero attached hydrogens (tertiary/aromatic N) is 3. The Morgan fingerprint density at radius 1 is 1.09 bits per heavy atom. The molecule has 0 saturated carbocycles. The maximum atomic E-state index is 12.6. The molecule has 1 amide bonds. The molecule has 33 heavy (non-hydrogen) atoms. The maximum Gasteiger partial charge on any atom is 0.329 e. The monoisotopic (exact) mass is 464 g/mol. The van der Waals surface area contributed by atoms with Gasteiger partial charge in [-0.25, -0.2) is 9.78 Å². The fourth-order valence-corrected chi connectivity index (χ4v) is 4.29. The van der Waals surface area contributed by atoms with Gasteiger partial charge in [0.1, 0.15) is 0 Å². The minimum atomic E-state index is -0.544. The van der Waals surface area contributed by atoms with Crippen LogP contribution in [0.25, 0.3) is 22.3 Å². The average molecular weight is 465 g/mol. The Kier molecular flexibility index (Phi) is 6.69. The van der Waals surface area contributed by atoms with Gasteiger partial charge in [-0.2, -0.15) is 0 Å². The van der Waals surface area contributed by atoms with Crippen LogP contribution in [-0.4, -0.2) is 32.6 Å². The third-order valence-corrected chi connectivity index (χ3v) is 5.98. The lowest BCUT2D eigenvalue weighted by Gasteiger charge is -2.08. The van der Waals surface area contributed by atoms with Crippen molar-refractivity contribution in [1.29, 1.82) is 0 Å². The summed E-state index contributed by atoms with van der Waals surface area (Å²) >= 11 is 1.56. The highest BCUT2D eigenvalue weighted by Gasteiger charge is 2.14. The molecule has 0 unspecified atom stereocenters. The minimum Gasteiger partial charge on any atom is -0.456 e. The molecule has 1 N–H and O–H groups in total. The van der Waals surface area contributed by atoms with Crippen molar-refractivity contribution >= 4 is 39.9 Å². The summed E-state index contributed by atoms with van der Waals surface area (Å²) in [4.78, 5) is 41.5. The lowest BCUT2D eigenvalue weighted by atomic mass is 10.1. The largest absolute Gasteiger partial charge is 0.456 e. The Hall–Kier alpha value is -3.72. The summed E-state index contributed by atoms with van der Waals surface area (Å²) in [6.07, 6.45) is -0.0103. The zero-order valence-corrected chi connectivity index (χ0v) is 19.2. The van der Waals surface area contributed by atoms with Crippen LogP contribution in [0.2, 0.25) is 0 Å². The SMILES string of the molecule is CCn1c(=O)n(CCC(=O)OCC(=O)Nc2cccc(-c3csc(C)n3)c2)c2ccccc21. The molecule has 0 aliphatic carbocycles. The number of amides is 1. The lowest BCUT2D eigenvalue weighted by Crippen LogP contribution is -2.26. The molecular formula is C24H24N4O4S. The normalized spacial score (nSPS) is 11.0. The van der Waals surface area contributed by atoms with Crippen molar-refractivity contribution < 1.29 is 14.3 Å². The zero-order chi connectivity index (χ0) is 23.4. The topological polar surface area (TPSA) is 95.2 Å². The van der Waals surface area contributed by atoms with Gasteiger partial charge in [0.15, 0.2) is 6.61 Å². The highest BCUT2D eigenvalue weighted by atomic mass is 32.1. The molecule has 4 rings (SSSR count). The minimum absolute atomic E-state index is 0.0103. The number of fused-ring (bicyclic) bond motifs is 1. The molecule has 2 aromatic heterocycles. The van der Waals surface area contributed by atoms with E-state index in [4.69, 9.17) is 4.74 Å². The second-order valence-corrected chi connectivity index (χ2v) is 8.52. The number of esters is 1. The van der Waals surface area contributed by atoms with Crippen LogP contribution in [0.4, 0.5) is 5.69 Å². The van der Waals surface area contributed by atoms with Gasteiger partial charge in [-0.15, -0.1) is 11.3 Å². The second-order valence-electron chi connectivity index (χ2n) is 7.46. The summed E-state index contributed by atoms with van der Waals surface area (Å²) in [5.41, 5.74) is 3.76. The number of ether oxygens (including phenoxy) is 1. The molecule has 0 saturated heterocycles. The Labute approximate surface area is 194 Å². The van der Waals surface area contributed by atoms with Crippen molar-refractivity contribution in [2.45, 2.75) is 33.4 Å². The molecule has 170 valence electrons. The number of imidazole rings is 1. The molecule has 0 fully saturated rings. The molecule has 8 nitrogen and oxygen atoms in total. The van der Waals surface area contributed by atoms with Crippen LogP contribution < -0.4 is 11.0 Å². The zero-order valence-electron chi connectivity index (χ0n) is 18.4. The molecular weight excluding hydrogens is 440 g/mol. The summed E-state index contributed by atoms with van der Waals surface area (Å²) in [7, 11) is 0. The third kappa shape index (κ3) is 5.04. The van der Waals surface area contributed by atoms with E-state index in [0.717, 1.165) is 27.3 Å². The van der Waals surface area contributed by atoms with E-state index >= 15 is 0 Å². The van der Waals surface area contributed by atoms with Crippen LogP contribution in [-0.2, 0) is 27.4 Å². The van der Waals surface area contributed by atoms with Gasteiger partial charge in [0.2, 0.25) is 0 Å². The maximum absolute atomic E-state index is 12.6. The van der Waals surface area contributed by atoms with Gasteiger partial charge < -0.3 is 10.1 Å². The number of benzene rings is 2. The highest BCUT2D eigenvalue weighted by Crippen LogP contribution is 2.24. The van der Waals surface area contributed by atoms with Gasteiger partial charge in [-0.05, 0) is 38.1 Å². The Morgan fingerprint density at radius 2 is 1.85 bits per heavy atom. The van der Waals surface area contributed by atoms with Gasteiger partial charge in [0, 0.05) is 29.7 Å². The van der Waals surface area contributed by atoms with E-state index in [1.165, 1.54) is 0 Å². The van der Waals surface area contributed by atoms with Gasteiger partial charge in [-0.3, -0.25) is 18.7 Å². The fourth-order valence-electron chi connectivity index (χ4n) is 3.66. The van der Waals surface area contributed by atoms with Crippen LogP contribution in [0.3, 0.4) is 0 Å². The fraction of sp³-hybridized carbons (Fsp3) is 0.250. The molecule has 0 aliphatic rings. The lowest BCUT2D eigenvalue weighted by molar-refractivity contribution is -0.147. The number of carbonyl (C=O) groups excluding carboxylic acids is 2. The number of thiazole rings is 1. The number of hydrogen-bond acceptors (Lipinski definition) is 6. The molecule has 2 heterocycles. The van der Waals surface area contributed by atoms with Gasteiger partial charge in [0.25, 0.3) is 5.91 Å². The number of aryl methyl sites for hydroxylation is 3. The van der Waals surface area contributed by atoms with Crippen LogP contribution in [0.15, 0.2) is 58.7 Å². The Balaban J connectivity index is 1.32. The van der Waals surface area contributed by atoms with E-state index in [1.54, 1.807) is 26.5 Å². The van der Waals surface area contributed by atoms with Crippen molar-refractivity contribution in [3.05, 3.63) is 69.4 Å². The van der Waals surface area contributed by atoms with E-state index in [0.29, 0.717) is 12.2 Å². The van der Waals surface area contributed by atoms with Crippen molar-refractivity contribution in [2.24, 2.45) is 0 Å².